The summed E-state index contributed by atoms with van der Waals surface area (Å²) in [5.74, 6) is -3.94. The first-order valence-corrected chi connectivity index (χ1v) is 8.00. The number of nitrogens with one attached hydrogen (secondary N) is 1. The standard InChI is InChI=1S/C19H18F3NO4/c1-11(17(24)23-13-6-9-15(21)16(22)10-13)26-18(25)19(2,3)27-14-7-4-12(20)5-8-14/h4-11H,1-3H3,(H,23,24)/t11-/m0/s1. The average Bonchev–Trinajstić information content (AvgIpc) is 2.59. The second kappa shape index (κ2) is 8.11. The number of esters is 1. The zero-order chi connectivity index (χ0) is 20.2. The van der Waals surface area contributed by atoms with E-state index in [9.17, 15) is 22.8 Å². The Bertz CT molecular complexity index is 837. The number of carbonyl (C=O) groups is 2. The highest BCUT2D eigenvalue weighted by Gasteiger charge is 2.34. The maximum atomic E-state index is 13.2. The van der Waals surface area contributed by atoms with Crippen LogP contribution >= 0.6 is 0 Å². The molecule has 0 bridgehead atoms. The van der Waals surface area contributed by atoms with Gasteiger partial charge in [-0.1, -0.05) is 0 Å². The van der Waals surface area contributed by atoms with E-state index < -0.39 is 41.0 Å². The Morgan fingerprint density at radius 1 is 1.00 bits per heavy atom. The molecule has 0 spiro atoms. The van der Waals surface area contributed by atoms with Gasteiger partial charge in [-0.15, -0.1) is 0 Å². The third kappa shape index (κ3) is 5.47. The third-order valence-corrected chi connectivity index (χ3v) is 3.52. The van der Waals surface area contributed by atoms with Crippen molar-refractivity contribution in [2.75, 3.05) is 5.32 Å². The lowest BCUT2D eigenvalue weighted by Crippen LogP contribution is -2.43. The predicted octanol–water partition coefficient (Wildman–Crippen LogP) is 3.83. The van der Waals surface area contributed by atoms with Crippen LogP contribution < -0.4 is 10.1 Å². The Kier molecular flexibility index (Phi) is 6.09. The van der Waals surface area contributed by atoms with Crippen LogP contribution in [0.1, 0.15) is 20.8 Å². The van der Waals surface area contributed by atoms with E-state index in [4.69, 9.17) is 9.47 Å². The van der Waals surface area contributed by atoms with Gasteiger partial charge in [-0.2, -0.15) is 0 Å². The summed E-state index contributed by atoms with van der Waals surface area (Å²) < 4.78 is 49.6. The number of benzene rings is 2. The number of halogens is 3. The molecular weight excluding hydrogens is 363 g/mol. The molecule has 2 aromatic carbocycles. The zero-order valence-corrected chi connectivity index (χ0v) is 14.9. The van der Waals surface area contributed by atoms with Gasteiger partial charge in [0.15, 0.2) is 23.3 Å². The number of ether oxygens (including phenoxy) is 2. The maximum Gasteiger partial charge on any atom is 0.350 e. The number of carbonyl (C=O) groups excluding carboxylic acids is 2. The molecule has 1 N–H and O–H groups in total. The first-order valence-electron chi connectivity index (χ1n) is 8.00. The van der Waals surface area contributed by atoms with Gasteiger partial charge in [-0.3, -0.25) is 4.79 Å². The summed E-state index contributed by atoms with van der Waals surface area (Å²) in [6, 6.07) is 7.90. The van der Waals surface area contributed by atoms with Crippen molar-refractivity contribution in [2.24, 2.45) is 0 Å². The molecule has 0 aliphatic rings. The van der Waals surface area contributed by atoms with Gasteiger partial charge in [0.05, 0.1) is 0 Å². The van der Waals surface area contributed by atoms with Crippen LogP contribution in [0.5, 0.6) is 5.75 Å². The van der Waals surface area contributed by atoms with E-state index in [1.54, 1.807) is 0 Å². The lowest BCUT2D eigenvalue weighted by Gasteiger charge is -2.26. The molecule has 144 valence electrons. The SMILES string of the molecule is C[C@H](OC(=O)C(C)(C)Oc1ccc(F)cc1)C(=O)Nc1ccc(F)c(F)c1. The molecule has 0 aliphatic heterocycles. The molecule has 8 heteroatoms. The van der Waals surface area contributed by atoms with Gasteiger partial charge < -0.3 is 14.8 Å². The quantitative estimate of drug-likeness (QED) is 0.773. The Morgan fingerprint density at radius 2 is 1.63 bits per heavy atom. The highest BCUT2D eigenvalue weighted by Crippen LogP contribution is 2.21. The van der Waals surface area contributed by atoms with Crippen molar-refractivity contribution in [3.63, 3.8) is 0 Å². The van der Waals surface area contributed by atoms with Crippen LogP contribution in [-0.4, -0.2) is 23.6 Å². The third-order valence-electron chi connectivity index (χ3n) is 3.52. The molecule has 2 aromatic rings. The lowest BCUT2D eigenvalue weighted by molar-refractivity contribution is -0.166. The fourth-order valence-corrected chi connectivity index (χ4v) is 2.01. The summed E-state index contributed by atoms with van der Waals surface area (Å²) in [6.45, 7) is 4.18. The molecule has 0 saturated carbocycles. The smallest absolute Gasteiger partial charge is 0.350 e. The molecule has 0 fully saturated rings. The monoisotopic (exact) mass is 381 g/mol. The molecule has 0 radical (unpaired) electrons. The Morgan fingerprint density at radius 3 is 2.22 bits per heavy atom. The van der Waals surface area contributed by atoms with Gasteiger partial charge in [0.1, 0.15) is 11.6 Å². The van der Waals surface area contributed by atoms with Crippen molar-refractivity contribution in [1.82, 2.24) is 0 Å². The van der Waals surface area contributed by atoms with Crippen molar-refractivity contribution in [3.8, 4) is 5.75 Å². The van der Waals surface area contributed by atoms with Crippen LogP contribution in [0.25, 0.3) is 0 Å². The predicted molar refractivity (Wildman–Crippen MR) is 91.6 cm³/mol. The van der Waals surface area contributed by atoms with Crippen molar-refractivity contribution in [2.45, 2.75) is 32.5 Å². The van der Waals surface area contributed by atoms with Crippen molar-refractivity contribution >= 4 is 17.6 Å². The molecule has 27 heavy (non-hydrogen) atoms. The number of rotatable bonds is 6. The molecule has 0 heterocycles. The van der Waals surface area contributed by atoms with E-state index in [2.05, 4.69) is 5.32 Å². The number of anilines is 1. The number of amides is 1. The molecule has 1 amide bonds. The normalized spacial score (nSPS) is 12.2. The van der Waals surface area contributed by atoms with Crippen LogP contribution in [0, 0.1) is 17.5 Å². The van der Waals surface area contributed by atoms with Crippen LogP contribution in [0.4, 0.5) is 18.9 Å². The molecular formula is C19H18F3NO4. The van der Waals surface area contributed by atoms with Crippen molar-refractivity contribution < 1.29 is 32.2 Å². The van der Waals surface area contributed by atoms with Gasteiger partial charge in [0, 0.05) is 11.8 Å². The largest absolute Gasteiger partial charge is 0.476 e. The highest BCUT2D eigenvalue weighted by molar-refractivity contribution is 5.95. The van der Waals surface area contributed by atoms with E-state index in [0.717, 1.165) is 12.1 Å². The topological polar surface area (TPSA) is 64.6 Å². The van der Waals surface area contributed by atoms with Crippen LogP contribution in [0.3, 0.4) is 0 Å². The van der Waals surface area contributed by atoms with Gasteiger partial charge in [0.2, 0.25) is 0 Å². The fraction of sp³-hybridized carbons (Fsp3) is 0.263. The van der Waals surface area contributed by atoms with E-state index in [-0.39, 0.29) is 11.4 Å². The minimum absolute atomic E-state index is 0.0172. The van der Waals surface area contributed by atoms with Gasteiger partial charge in [-0.25, -0.2) is 18.0 Å². The molecule has 2 rings (SSSR count). The maximum absolute atomic E-state index is 13.2. The summed E-state index contributed by atoms with van der Waals surface area (Å²) in [5.41, 5.74) is -1.43. The number of hydrogen-bond donors (Lipinski definition) is 1. The van der Waals surface area contributed by atoms with Crippen LogP contribution in [0.15, 0.2) is 42.5 Å². The van der Waals surface area contributed by atoms with E-state index >= 15 is 0 Å². The molecule has 0 aromatic heterocycles. The second-order valence-corrected chi connectivity index (χ2v) is 6.23. The Balaban J connectivity index is 1.96. The van der Waals surface area contributed by atoms with E-state index in [0.29, 0.717) is 0 Å². The molecule has 0 aliphatic carbocycles. The summed E-state index contributed by atoms with van der Waals surface area (Å²) >= 11 is 0. The first kappa shape index (κ1) is 20.3. The van der Waals surface area contributed by atoms with Crippen LogP contribution in [-0.2, 0) is 14.3 Å². The zero-order valence-electron chi connectivity index (χ0n) is 14.9. The van der Waals surface area contributed by atoms with E-state index in [1.807, 2.05) is 0 Å². The van der Waals surface area contributed by atoms with Crippen molar-refractivity contribution in [1.29, 1.82) is 0 Å². The molecule has 0 saturated heterocycles. The van der Waals surface area contributed by atoms with Gasteiger partial charge in [0.25, 0.3) is 5.91 Å². The Labute approximate surface area is 154 Å². The molecule has 5 nitrogen and oxygen atoms in total. The summed E-state index contributed by atoms with van der Waals surface area (Å²) in [7, 11) is 0. The minimum atomic E-state index is -1.45. The highest BCUT2D eigenvalue weighted by atomic mass is 19.2. The summed E-state index contributed by atoms with van der Waals surface area (Å²) in [6.07, 6.45) is -1.22. The second-order valence-electron chi connectivity index (χ2n) is 6.23. The number of hydrogen-bond acceptors (Lipinski definition) is 4. The van der Waals surface area contributed by atoms with Gasteiger partial charge >= 0.3 is 5.97 Å². The molecule has 0 unspecified atom stereocenters. The lowest BCUT2D eigenvalue weighted by atomic mass is 10.1. The molecule has 1 atom stereocenters. The van der Waals surface area contributed by atoms with Gasteiger partial charge in [-0.05, 0) is 57.2 Å². The summed E-state index contributed by atoms with van der Waals surface area (Å²) in [5, 5.41) is 2.32. The fourth-order valence-electron chi connectivity index (χ4n) is 2.01. The average molecular weight is 381 g/mol. The Hall–Kier alpha value is -3.03. The van der Waals surface area contributed by atoms with Crippen LogP contribution in [0.2, 0.25) is 0 Å². The minimum Gasteiger partial charge on any atom is -0.476 e. The summed E-state index contributed by atoms with van der Waals surface area (Å²) in [4.78, 5) is 24.4. The van der Waals surface area contributed by atoms with E-state index in [1.165, 1.54) is 51.1 Å². The first-order chi connectivity index (χ1) is 12.6. The van der Waals surface area contributed by atoms with Crippen molar-refractivity contribution in [3.05, 3.63) is 59.9 Å².